The predicted molar refractivity (Wildman–Crippen MR) is 106 cm³/mol. The summed E-state index contributed by atoms with van der Waals surface area (Å²) < 4.78 is 1.69. The molecule has 0 aliphatic rings. The molecule has 0 fully saturated rings. The Balaban J connectivity index is 1.57. The van der Waals surface area contributed by atoms with Gasteiger partial charge in [0, 0.05) is 17.1 Å². The minimum Gasteiger partial charge on any atom is -0.325 e. The maximum Gasteiger partial charge on any atom is 0.225 e. The number of benzene rings is 2. The summed E-state index contributed by atoms with van der Waals surface area (Å²) >= 11 is 3.07. The fraction of sp³-hybridized carbons (Fsp3) is 0.222. The molecule has 0 atom stereocenters. The van der Waals surface area contributed by atoms with E-state index >= 15 is 0 Å². The highest BCUT2D eigenvalue weighted by Gasteiger charge is 2.11. The molecule has 6 nitrogen and oxygen atoms in total. The fourth-order valence-corrected chi connectivity index (χ4v) is 3.77. The maximum atomic E-state index is 12.2. The Labute approximate surface area is 160 Å². The molecule has 8 heteroatoms. The molecular weight excluding hydrogens is 366 g/mol. The molecule has 1 aromatic heterocycles. The minimum absolute atomic E-state index is 0.0198. The molecule has 0 bridgehead atoms. The average molecular weight is 386 g/mol. The van der Waals surface area contributed by atoms with Crippen molar-refractivity contribution < 1.29 is 4.79 Å². The predicted octanol–water partition coefficient (Wildman–Crippen LogP) is 3.81. The number of aryl methyl sites for hydroxylation is 1. The van der Waals surface area contributed by atoms with Crippen LogP contribution in [0.1, 0.15) is 12.0 Å². The molecule has 0 radical (unpaired) electrons. The Morgan fingerprint density at radius 3 is 2.85 bits per heavy atom. The lowest BCUT2D eigenvalue weighted by Crippen LogP contribution is -2.13. The molecule has 3 aromatic rings. The number of hydrogen-bond donors (Lipinski definition) is 1. The molecule has 134 valence electrons. The van der Waals surface area contributed by atoms with Crippen molar-refractivity contribution in [2.45, 2.75) is 23.4 Å². The summed E-state index contributed by atoms with van der Waals surface area (Å²) in [6.45, 7) is 2.03. The van der Waals surface area contributed by atoms with Crippen LogP contribution in [-0.4, -0.2) is 38.1 Å². The van der Waals surface area contributed by atoms with Crippen molar-refractivity contribution in [3.63, 3.8) is 0 Å². The Kier molecular flexibility index (Phi) is 6.30. The van der Waals surface area contributed by atoms with Crippen LogP contribution < -0.4 is 5.32 Å². The lowest BCUT2D eigenvalue weighted by atomic mass is 10.2. The molecule has 2 aromatic carbocycles. The number of anilines is 1. The summed E-state index contributed by atoms with van der Waals surface area (Å²) in [7, 11) is 0. The van der Waals surface area contributed by atoms with E-state index in [2.05, 4.69) is 20.8 Å². The van der Waals surface area contributed by atoms with Gasteiger partial charge in [-0.15, -0.1) is 16.9 Å². The normalized spacial score (nSPS) is 10.7. The van der Waals surface area contributed by atoms with Crippen molar-refractivity contribution in [3.8, 4) is 5.69 Å². The molecule has 0 aliphatic heterocycles. The summed E-state index contributed by atoms with van der Waals surface area (Å²) in [5.41, 5.74) is 2.90. The van der Waals surface area contributed by atoms with Crippen LogP contribution in [-0.2, 0) is 4.79 Å². The lowest BCUT2D eigenvalue weighted by Gasteiger charge is -2.09. The maximum absolute atomic E-state index is 12.2. The monoisotopic (exact) mass is 385 g/mol. The van der Waals surface area contributed by atoms with Crippen molar-refractivity contribution in [1.82, 2.24) is 20.2 Å². The van der Waals surface area contributed by atoms with Crippen molar-refractivity contribution in [1.29, 1.82) is 0 Å². The van der Waals surface area contributed by atoms with Crippen LogP contribution in [0, 0.1) is 6.92 Å². The minimum atomic E-state index is -0.0198. The molecule has 1 N–H and O–H groups in total. The second kappa shape index (κ2) is 8.86. The van der Waals surface area contributed by atoms with Gasteiger partial charge in [0.1, 0.15) is 0 Å². The first kappa shape index (κ1) is 18.5. The molecule has 0 unspecified atom stereocenters. The third kappa shape index (κ3) is 4.64. The third-order valence-electron chi connectivity index (χ3n) is 3.63. The van der Waals surface area contributed by atoms with E-state index < -0.39 is 0 Å². The van der Waals surface area contributed by atoms with Crippen LogP contribution in [0.15, 0.2) is 58.6 Å². The van der Waals surface area contributed by atoms with E-state index in [1.807, 2.05) is 61.7 Å². The van der Waals surface area contributed by atoms with Gasteiger partial charge in [-0.05, 0) is 53.4 Å². The van der Waals surface area contributed by atoms with Gasteiger partial charge in [-0.2, -0.15) is 4.68 Å². The van der Waals surface area contributed by atoms with E-state index in [4.69, 9.17) is 0 Å². The van der Waals surface area contributed by atoms with E-state index in [0.717, 1.165) is 21.8 Å². The van der Waals surface area contributed by atoms with Gasteiger partial charge < -0.3 is 5.32 Å². The molecular formula is C18H19N5OS2. The summed E-state index contributed by atoms with van der Waals surface area (Å²) in [4.78, 5) is 13.3. The average Bonchev–Trinajstić information content (AvgIpc) is 3.11. The molecule has 1 amide bonds. The summed E-state index contributed by atoms with van der Waals surface area (Å²) in [6, 6.07) is 15.8. The van der Waals surface area contributed by atoms with E-state index in [1.165, 1.54) is 11.8 Å². The topological polar surface area (TPSA) is 72.7 Å². The zero-order chi connectivity index (χ0) is 18.4. The molecule has 0 saturated heterocycles. The van der Waals surface area contributed by atoms with E-state index in [1.54, 1.807) is 16.4 Å². The van der Waals surface area contributed by atoms with E-state index in [-0.39, 0.29) is 5.91 Å². The smallest absolute Gasteiger partial charge is 0.225 e. The summed E-state index contributed by atoms with van der Waals surface area (Å²) in [6.07, 6.45) is 2.38. The number of nitrogens with one attached hydrogen (secondary N) is 1. The van der Waals surface area contributed by atoms with Gasteiger partial charge in [-0.1, -0.05) is 36.0 Å². The third-order valence-corrected chi connectivity index (χ3v) is 5.35. The molecule has 3 rings (SSSR count). The highest BCUT2D eigenvalue weighted by molar-refractivity contribution is 7.99. The number of tetrazole rings is 1. The first-order chi connectivity index (χ1) is 12.7. The Bertz CT molecular complexity index is 897. The van der Waals surface area contributed by atoms with Gasteiger partial charge in [0.15, 0.2) is 0 Å². The number of para-hydroxylation sites is 1. The number of aromatic nitrogens is 4. The standard InChI is InChI=1S/C18H19N5OS2/c1-13-6-5-7-14(12-13)23-18(20-21-22-23)26-11-10-17(24)19-15-8-3-4-9-16(15)25-2/h3-9,12H,10-11H2,1-2H3,(H,19,24). The zero-order valence-corrected chi connectivity index (χ0v) is 16.2. The number of hydrogen-bond acceptors (Lipinski definition) is 6. The fourth-order valence-electron chi connectivity index (χ4n) is 2.39. The second-order valence-electron chi connectivity index (χ2n) is 5.56. The van der Waals surface area contributed by atoms with Gasteiger partial charge in [0.05, 0.1) is 11.4 Å². The van der Waals surface area contributed by atoms with Crippen LogP contribution in [0.3, 0.4) is 0 Å². The van der Waals surface area contributed by atoms with Crippen LogP contribution in [0.2, 0.25) is 0 Å². The second-order valence-corrected chi connectivity index (χ2v) is 7.47. The van der Waals surface area contributed by atoms with Gasteiger partial charge in [0.2, 0.25) is 11.1 Å². The van der Waals surface area contributed by atoms with Crippen LogP contribution in [0.4, 0.5) is 5.69 Å². The number of carbonyl (C=O) groups excluding carboxylic acids is 1. The number of nitrogens with zero attached hydrogens (tertiary/aromatic N) is 4. The summed E-state index contributed by atoms with van der Waals surface area (Å²) in [5.74, 6) is 0.577. The van der Waals surface area contributed by atoms with Crippen molar-refractivity contribution >= 4 is 35.1 Å². The van der Waals surface area contributed by atoms with Crippen molar-refractivity contribution in [2.75, 3.05) is 17.3 Å². The molecule has 0 saturated carbocycles. The first-order valence-electron chi connectivity index (χ1n) is 8.08. The molecule has 0 aliphatic carbocycles. The Morgan fingerprint density at radius 1 is 1.19 bits per heavy atom. The molecule has 26 heavy (non-hydrogen) atoms. The van der Waals surface area contributed by atoms with Gasteiger partial charge in [-0.3, -0.25) is 4.79 Å². The molecule has 0 spiro atoms. The number of carbonyl (C=O) groups is 1. The van der Waals surface area contributed by atoms with Crippen LogP contribution in [0.5, 0.6) is 0 Å². The van der Waals surface area contributed by atoms with Gasteiger partial charge in [0.25, 0.3) is 0 Å². The Morgan fingerprint density at radius 2 is 2.04 bits per heavy atom. The SMILES string of the molecule is CSc1ccccc1NC(=O)CCSc1nnnn1-c1cccc(C)c1. The van der Waals surface area contributed by atoms with E-state index in [0.29, 0.717) is 17.3 Å². The number of amides is 1. The number of rotatable bonds is 7. The highest BCUT2D eigenvalue weighted by Crippen LogP contribution is 2.25. The highest BCUT2D eigenvalue weighted by atomic mass is 32.2. The largest absolute Gasteiger partial charge is 0.325 e. The quantitative estimate of drug-likeness (QED) is 0.624. The zero-order valence-electron chi connectivity index (χ0n) is 14.5. The lowest BCUT2D eigenvalue weighted by molar-refractivity contribution is -0.115. The summed E-state index contributed by atoms with van der Waals surface area (Å²) in [5, 5.41) is 15.5. The number of thioether (sulfide) groups is 2. The molecule has 1 heterocycles. The van der Waals surface area contributed by atoms with Crippen molar-refractivity contribution in [3.05, 3.63) is 54.1 Å². The van der Waals surface area contributed by atoms with E-state index in [9.17, 15) is 4.79 Å². The van der Waals surface area contributed by atoms with Crippen LogP contribution in [0.25, 0.3) is 5.69 Å². The van der Waals surface area contributed by atoms with Crippen molar-refractivity contribution in [2.24, 2.45) is 0 Å². The van der Waals surface area contributed by atoms with Gasteiger partial charge in [-0.25, -0.2) is 0 Å². The Hall–Kier alpha value is -2.32. The first-order valence-corrected chi connectivity index (χ1v) is 10.3. The van der Waals surface area contributed by atoms with Gasteiger partial charge >= 0.3 is 0 Å². The van der Waals surface area contributed by atoms with Crippen LogP contribution >= 0.6 is 23.5 Å².